The van der Waals surface area contributed by atoms with E-state index in [2.05, 4.69) is 37.9 Å². The Hall–Kier alpha value is -0.570. The SMILES string of the molecule is CCCCC(CC)C(=O)N1CCC(NCC)C(CC)C1. The number of unbranched alkanes of at least 4 members (excludes halogenated alkanes) is 1. The van der Waals surface area contributed by atoms with Crippen LogP contribution in [0.15, 0.2) is 0 Å². The molecule has 1 heterocycles. The first kappa shape index (κ1) is 17.5. The van der Waals surface area contributed by atoms with Gasteiger partial charge in [0.15, 0.2) is 0 Å². The van der Waals surface area contributed by atoms with Crippen molar-refractivity contribution in [3.63, 3.8) is 0 Å². The normalized spacial score (nSPS) is 24.7. The molecule has 0 aliphatic carbocycles. The second-order valence-corrected chi connectivity index (χ2v) is 6.15. The molecular weight excluding hydrogens is 248 g/mol. The van der Waals surface area contributed by atoms with Gasteiger partial charge in [-0.3, -0.25) is 4.79 Å². The van der Waals surface area contributed by atoms with Gasteiger partial charge in [-0.05, 0) is 31.7 Å². The Morgan fingerprint density at radius 1 is 1.30 bits per heavy atom. The number of hydrogen-bond acceptors (Lipinski definition) is 2. The summed E-state index contributed by atoms with van der Waals surface area (Å²) in [6, 6.07) is 0.602. The number of likely N-dealkylation sites (tertiary alicyclic amines) is 1. The molecule has 0 aromatic carbocycles. The van der Waals surface area contributed by atoms with Crippen LogP contribution < -0.4 is 5.32 Å². The number of carbonyl (C=O) groups is 1. The zero-order valence-electron chi connectivity index (χ0n) is 14.0. The van der Waals surface area contributed by atoms with Crippen molar-refractivity contribution in [2.45, 2.75) is 72.3 Å². The fourth-order valence-electron chi connectivity index (χ4n) is 3.39. The van der Waals surface area contributed by atoms with E-state index in [0.29, 0.717) is 17.9 Å². The maximum absolute atomic E-state index is 12.7. The molecule has 0 aromatic rings. The van der Waals surface area contributed by atoms with Gasteiger partial charge >= 0.3 is 0 Å². The summed E-state index contributed by atoms with van der Waals surface area (Å²) in [6.07, 6.45) is 6.69. The van der Waals surface area contributed by atoms with Crippen molar-refractivity contribution in [3.8, 4) is 0 Å². The van der Waals surface area contributed by atoms with Crippen molar-refractivity contribution < 1.29 is 4.79 Å². The number of carbonyl (C=O) groups excluding carboxylic acids is 1. The molecule has 0 radical (unpaired) electrons. The van der Waals surface area contributed by atoms with Gasteiger partial charge in [0.2, 0.25) is 5.91 Å². The molecule has 1 fully saturated rings. The van der Waals surface area contributed by atoms with Crippen LogP contribution in [0.2, 0.25) is 0 Å². The molecular formula is C17H34N2O. The molecule has 118 valence electrons. The van der Waals surface area contributed by atoms with Gasteiger partial charge < -0.3 is 10.2 Å². The molecule has 3 unspecified atom stereocenters. The Labute approximate surface area is 125 Å². The summed E-state index contributed by atoms with van der Waals surface area (Å²) in [4.78, 5) is 14.8. The molecule has 20 heavy (non-hydrogen) atoms. The molecule has 0 aromatic heterocycles. The zero-order valence-corrected chi connectivity index (χ0v) is 14.0. The zero-order chi connectivity index (χ0) is 15.0. The fraction of sp³-hybridized carbons (Fsp3) is 0.941. The number of rotatable bonds is 8. The van der Waals surface area contributed by atoms with E-state index in [4.69, 9.17) is 0 Å². The van der Waals surface area contributed by atoms with E-state index in [1.165, 1.54) is 12.8 Å². The molecule has 0 bridgehead atoms. The topological polar surface area (TPSA) is 32.3 Å². The summed E-state index contributed by atoms with van der Waals surface area (Å²) in [7, 11) is 0. The Balaban J connectivity index is 2.56. The third-order valence-electron chi connectivity index (χ3n) is 4.78. The van der Waals surface area contributed by atoms with E-state index in [1.54, 1.807) is 0 Å². The largest absolute Gasteiger partial charge is 0.342 e. The van der Waals surface area contributed by atoms with Gasteiger partial charge in [0.25, 0.3) is 0 Å². The van der Waals surface area contributed by atoms with Gasteiger partial charge in [0.1, 0.15) is 0 Å². The summed E-state index contributed by atoms with van der Waals surface area (Å²) in [5, 5.41) is 3.58. The van der Waals surface area contributed by atoms with Crippen LogP contribution in [0.5, 0.6) is 0 Å². The van der Waals surface area contributed by atoms with Gasteiger partial charge in [-0.15, -0.1) is 0 Å². The molecule has 1 saturated heterocycles. The molecule has 1 aliphatic rings. The lowest BCUT2D eigenvalue weighted by Crippen LogP contribution is -2.52. The average Bonchev–Trinajstić information content (AvgIpc) is 2.48. The molecule has 0 saturated carbocycles. The van der Waals surface area contributed by atoms with Crippen molar-refractivity contribution in [2.75, 3.05) is 19.6 Å². The number of hydrogen-bond donors (Lipinski definition) is 1. The minimum atomic E-state index is 0.253. The number of amides is 1. The van der Waals surface area contributed by atoms with E-state index in [-0.39, 0.29) is 5.92 Å². The van der Waals surface area contributed by atoms with Gasteiger partial charge in [0, 0.05) is 25.0 Å². The summed E-state index contributed by atoms with van der Waals surface area (Å²) in [6.45, 7) is 11.7. The van der Waals surface area contributed by atoms with E-state index in [0.717, 1.165) is 45.3 Å². The smallest absolute Gasteiger partial charge is 0.225 e. The highest BCUT2D eigenvalue weighted by molar-refractivity contribution is 5.78. The number of piperidine rings is 1. The van der Waals surface area contributed by atoms with Crippen LogP contribution in [0.1, 0.15) is 66.2 Å². The van der Waals surface area contributed by atoms with Crippen LogP contribution in [0.3, 0.4) is 0 Å². The summed E-state index contributed by atoms with van der Waals surface area (Å²) in [5.41, 5.74) is 0. The molecule has 1 aliphatic heterocycles. The minimum absolute atomic E-state index is 0.253. The Morgan fingerprint density at radius 2 is 2.05 bits per heavy atom. The summed E-state index contributed by atoms with van der Waals surface area (Å²) < 4.78 is 0. The molecule has 1 rings (SSSR count). The lowest BCUT2D eigenvalue weighted by molar-refractivity contribution is -0.138. The molecule has 3 nitrogen and oxygen atoms in total. The second kappa shape index (κ2) is 9.38. The third-order valence-corrected chi connectivity index (χ3v) is 4.78. The van der Waals surface area contributed by atoms with E-state index < -0.39 is 0 Å². The van der Waals surface area contributed by atoms with Crippen LogP contribution in [-0.4, -0.2) is 36.5 Å². The average molecular weight is 282 g/mol. The lowest BCUT2D eigenvalue weighted by atomic mass is 9.88. The van der Waals surface area contributed by atoms with Crippen LogP contribution in [0.25, 0.3) is 0 Å². The van der Waals surface area contributed by atoms with E-state index in [1.807, 2.05) is 0 Å². The molecule has 1 N–H and O–H groups in total. The predicted octanol–water partition coefficient (Wildman–Crippen LogP) is 3.44. The highest BCUT2D eigenvalue weighted by atomic mass is 16.2. The monoisotopic (exact) mass is 282 g/mol. The number of nitrogens with one attached hydrogen (secondary N) is 1. The van der Waals surface area contributed by atoms with E-state index >= 15 is 0 Å². The molecule has 3 atom stereocenters. The maximum atomic E-state index is 12.7. The summed E-state index contributed by atoms with van der Waals surface area (Å²) in [5.74, 6) is 1.29. The van der Waals surface area contributed by atoms with Crippen molar-refractivity contribution >= 4 is 5.91 Å². The van der Waals surface area contributed by atoms with Gasteiger partial charge in [-0.1, -0.05) is 47.0 Å². The minimum Gasteiger partial charge on any atom is -0.342 e. The van der Waals surface area contributed by atoms with Crippen LogP contribution in [-0.2, 0) is 4.79 Å². The molecule has 3 heteroatoms. The first-order valence-corrected chi connectivity index (χ1v) is 8.69. The molecule has 0 spiro atoms. The first-order valence-electron chi connectivity index (χ1n) is 8.69. The summed E-state index contributed by atoms with van der Waals surface area (Å²) >= 11 is 0. The molecule has 1 amide bonds. The van der Waals surface area contributed by atoms with Crippen LogP contribution in [0, 0.1) is 11.8 Å². The van der Waals surface area contributed by atoms with Crippen LogP contribution >= 0.6 is 0 Å². The Kier molecular flexibility index (Phi) is 8.20. The van der Waals surface area contributed by atoms with Gasteiger partial charge in [-0.25, -0.2) is 0 Å². The van der Waals surface area contributed by atoms with E-state index in [9.17, 15) is 4.79 Å². The van der Waals surface area contributed by atoms with Crippen LogP contribution in [0.4, 0.5) is 0 Å². The van der Waals surface area contributed by atoms with Crippen molar-refractivity contribution in [1.29, 1.82) is 0 Å². The van der Waals surface area contributed by atoms with Crippen molar-refractivity contribution in [2.24, 2.45) is 11.8 Å². The number of nitrogens with zero attached hydrogens (tertiary/aromatic N) is 1. The quantitative estimate of drug-likeness (QED) is 0.739. The standard InChI is InChI=1S/C17H34N2O/c1-5-9-10-14(6-2)17(20)19-12-11-16(18-8-4)15(7-3)13-19/h14-16,18H,5-13H2,1-4H3. The highest BCUT2D eigenvalue weighted by Crippen LogP contribution is 2.24. The lowest BCUT2D eigenvalue weighted by Gasteiger charge is -2.40. The Bertz CT molecular complexity index is 280. The first-order chi connectivity index (χ1) is 9.67. The predicted molar refractivity (Wildman–Crippen MR) is 85.7 cm³/mol. The van der Waals surface area contributed by atoms with Gasteiger partial charge in [0.05, 0.1) is 0 Å². The van der Waals surface area contributed by atoms with Gasteiger partial charge in [-0.2, -0.15) is 0 Å². The van der Waals surface area contributed by atoms with Crippen molar-refractivity contribution in [1.82, 2.24) is 10.2 Å². The maximum Gasteiger partial charge on any atom is 0.225 e. The second-order valence-electron chi connectivity index (χ2n) is 6.15. The van der Waals surface area contributed by atoms with Crippen molar-refractivity contribution in [3.05, 3.63) is 0 Å². The Morgan fingerprint density at radius 3 is 2.60 bits per heavy atom. The fourth-order valence-corrected chi connectivity index (χ4v) is 3.39. The highest BCUT2D eigenvalue weighted by Gasteiger charge is 2.31. The third kappa shape index (κ3) is 4.76.